The topological polar surface area (TPSA) is 61.2 Å². The van der Waals surface area contributed by atoms with Crippen LogP contribution in [0.3, 0.4) is 0 Å². The molecule has 0 aliphatic heterocycles. The summed E-state index contributed by atoms with van der Waals surface area (Å²) in [5.74, 6) is -0.122. The number of hydrogen-bond donors (Lipinski definition) is 0. The Morgan fingerprint density at radius 2 is 2.00 bits per heavy atom. The molecule has 0 saturated heterocycles. The Morgan fingerprint density at radius 1 is 1.28 bits per heavy atom. The van der Waals surface area contributed by atoms with E-state index in [4.69, 9.17) is 4.74 Å². The van der Waals surface area contributed by atoms with Gasteiger partial charge in [-0.2, -0.15) is 0 Å². The molecule has 0 atom stereocenters. The summed E-state index contributed by atoms with van der Waals surface area (Å²) < 4.78 is 6.87. The molecule has 3 aromatic rings. The minimum absolute atomic E-state index is 0.134. The molecule has 5 nitrogen and oxygen atoms in total. The maximum Gasteiger partial charge on any atom is 0.348 e. The van der Waals surface area contributed by atoms with Gasteiger partial charge in [-0.1, -0.05) is 44.2 Å². The maximum absolute atomic E-state index is 12.8. The van der Waals surface area contributed by atoms with Crippen molar-refractivity contribution in [2.75, 3.05) is 6.61 Å². The molecular formula is C19H20N2O3S. The number of fused-ring (bicyclic) bond motifs is 1. The Kier molecular flexibility index (Phi) is 4.99. The summed E-state index contributed by atoms with van der Waals surface area (Å²) in [5, 5.41) is 0.500. The fourth-order valence-electron chi connectivity index (χ4n) is 2.55. The predicted molar refractivity (Wildman–Crippen MR) is 99.3 cm³/mol. The first-order chi connectivity index (χ1) is 12.0. The molecule has 6 heteroatoms. The van der Waals surface area contributed by atoms with E-state index in [1.165, 1.54) is 17.7 Å². The summed E-state index contributed by atoms with van der Waals surface area (Å²) in [4.78, 5) is 30.5. The van der Waals surface area contributed by atoms with Crippen LogP contribution >= 0.6 is 11.3 Å². The van der Waals surface area contributed by atoms with Gasteiger partial charge in [0.25, 0.3) is 5.56 Å². The van der Waals surface area contributed by atoms with Gasteiger partial charge in [0.15, 0.2) is 0 Å². The molecule has 0 aliphatic carbocycles. The van der Waals surface area contributed by atoms with E-state index >= 15 is 0 Å². The van der Waals surface area contributed by atoms with Crippen molar-refractivity contribution in [2.45, 2.75) is 27.3 Å². The molecule has 0 amide bonds. The van der Waals surface area contributed by atoms with Gasteiger partial charge < -0.3 is 4.74 Å². The first kappa shape index (κ1) is 17.4. The second-order valence-corrected chi connectivity index (χ2v) is 7.39. The van der Waals surface area contributed by atoms with Crippen LogP contribution in [-0.4, -0.2) is 22.1 Å². The second-order valence-electron chi connectivity index (χ2n) is 6.39. The molecule has 3 rings (SSSR count). The Balaban J connectivity index is 1.97. The van der Waals surface area contributed by atoms with Crippen LogP contribution in [0.25, 0.3) is 10.2 Å². The van der Waals surface area contributed by atoms with E-state index in [0.29, 0.717) is 33.8 Å². The number of ether oxygens (including phenoxy) is 1. The van der Waals surface area contributed by atoms with Gasteiger partial charge >= 0.3 is 5.97 Å². The van der Waals surface area contributed by atoms with Gasteiger partial charge in [0.1, 0.15) is 9.71 Å². The van der Waals surface area contributed by atoms with E-state index in [0.717, 1.165) is 5.56 Å². The van der Waals surface area contributed by atoms with E-state index in [1.54, 1.807) is 11.5 Å². The van der Waals surface area contributed by atoms with Crippen LogP contribution in [0, 0.1) is 12.8 Å². The van der Waals surface area contributed by atoms with Crippen LogP contribution in [0.4, 0.5) is 0 Å². The lowest BCUT2D eigenvalue weighted by Gasteiger charge is -2.06. The maximum atomic E-state index is 12.8. The van der Waals surface area contributed by atoms with Gasteiger partial charge in [0.2, 0.25) is 0 Å². The molecule has 0 fully saturated rings. The van der Waals surface area contributed by atoms with Crippen LogP contribution in [0.1, 0.15) is 34.6 Å². The zero-order chi connectivity index (χ0) is 18.0. The third kappa shape index (κ3) is 3.64. The van der Waals surface area contributed by atoms with E-state index in [-0.39, 0.29) is 17.4 Å². The molecule has 0 spiro atoms. The van der Waals surface area contributed by atoms with Crippen molar-refractivity contribution in [3.8, 4) is 0 Å². The van der Waals surface area contributed by atoms with Gasteiger partial charge in [-0.3, -0.25) is 9.36 Å². The van der Waals surface area contributed by atoms with E-state index < -0.39 is 0 Å². The highest BCUT2D eigenvalue weighted by atomic mass is 32.1. The quantitative estimate of drug-likeness (QED) is 0.655. The first-order valence-corrected chi connectivity index (χ1v) is 8.98. The number of aromatic nitrogens is 2. The standard InChI is InChI=1S/C19H20N2O3S/c1-12(2)10-24-19(23)16-13(3)15-17(25-16)20-11-21(18(15)22)9-14-7-5-4-6-8-14/h4-8,11-12H,9-10H2,1-3H3. The number of nitrogens with zero attached hydrogens (tertiary/aromatic N) is 2. The molecule has 0 bridgehead atoms. The number of esters is 1. The molecule has 0 aliphatic rings. The van der Waals surface area contributed by atoms with Crippen molar-refractivity contribution < 1.29 is 9.53 Å². The van der Waals surface area contributed by atoms with E-state index in [2.05, 4.69) is 4.98 Å². The van der Waals surface area contributed by atoms with Crippen molar-refractivity contribution in [3.05, 3.63) is 63.0 Å². The first-order valence-electron chi connectivity index (χ1n) is 8.17. The zero-order valence-electron chi connectivity index (χ0n) is 14.5. The van der Waals surface area contributed by atoms with Crippen molar-refractivity contribution in [2.24, 2.45) is 5.92 Å². The lowest BCUT2D eigenvalue weighted by Crippen LogP contribution is -2.21. The number of hydrogen-bond acceptors (Lipinski definition) is 5. The number of benzene rings is 1. The molecule has 2 heterocycles. The van der Waals surface area contributed by atoms with Gasteiger partial charge in [0.05, 0.1) is 24.9 Å². The Labute approximate surface area is 149 Å². The van der Waals surface area contributed by atoms with Crippen LogP contribution in [-0.2, 0) is 11.3 Å². The fraction of sp³-hybridized carbons (Fsp3) is 0.316. The number of aryl methyl sites for hydroxylation is 1. The highest BCUT2D eigenvalue weighted by molar-refractivity contribution is 7.20. The van der Waals surface area contributed by atoms with Crippen molar-refractivity contribution in [3.63, 3.8) is 0 Å². The summed E-state index contributed by atoms with van der Waals surface area (Å²) in [5.41, 5.74) is 1.54. The summed E-state index contributed by atoms with van der Waals surface area (Å²) in [7, 11) is 0. The number of carbonyl (C=O) groups excluding carboxylic acids is 1. The smallest absolute Gasteiger partial charge is 0.348 e. The molecule has 2 aromatic heterocycles. The van der Waals surface area contributed by atoms with Crippen molar-refractivity contribution in [1.29, 1.82) is 0 Å². The van der Waals surface area contributed by atoms with Gasteiger partial charge in [-0.25, -0.2) is 9.78 Å². The third-order valence-electron chi connectivity index (χ3n) is 3.85. The summed E-state index contributed by atoms with van der Waals surface area (Å²) in [6.07, 6.45) is 1.54. The van der Waals surface area contributed by atoms with Gasteiger partial charge in [-0.05, 0) is 24.0 Å². The molecular weight excluding hydrogens is 336 g/mol. The van der Waals surface area contributed by atoms with E-state index in [9.17, 15) is 9.59 Å². The SMILES string of the molecule is Cc1c(C(=O)OCC(C)C)sc2ncn(Cc3ccccc3)c(=O)c12. The average Bonchev–Trinajstić information content (AvgIpc) is 2.94. The fourth-order valence-corrected chi connectivity index (χ4v) is 3.59. The minimum atomic E-state index is -0.386. The predicted octanol–water partition coefficient (Wildman–Crippen LogP) is 3.63. The van der Waals surface area contributed by atoms with E-state index in [1.807, 2.05) is 44.2 Å². The normalized spacial score (nSPS) is 11.2. The molecule has 0 N–H and O–H groups in total. The van der Waals surface area contributed by atoms with Crippen molar-refractivity contribution >= 4 is 27.5 Å². The molecule has 25 heavy (non-hydrogen) atoms. The van der Waals surface area contributed by atoms with Crippen LogP contribution in [0.5, 0.6) is 0 Å². The highest BCUT2D eigenvalue weighted by Gasteiger charge is 2.20. The van der Waals surface area contributed by atoms with Crippen LogP contribution in [0.2, 0.25) is 0 Å². The summed E-state index contributed by atoms with van der Waals surface area (Å²) in [6, 6.07) is 9.74. The van der Waals surface area contributed by atoms with Crippen LogP contribution < -0.4 is 5.56 Å². The second kappa shape index (κ2) is 7.19. The lowest BCUT2D eigenvalue weighted by atomic mass is 10.2. The minimum Gasteiger partial charge on any atom is -0.461 e. The Morgan fingerprint density at radius 3 is 2.68 bits per heavy atom. The lowest BCUT2D eigenvalue weighted by molar-refractivity contribution is 0.0464. The Bertz CT molecular complexity index is 958. The largest absolute Gasteiger partial charge is 0.461 e. The third-order valence-corrected chi connectivity index (χ3v) is 5.03. The summed E-state index contributed by atoms with van der Waals surface area (Å²) >= 11 is 1.21. The number of thiophene rings is 1. The van der Waals surface area contributed by atoms with Crippen molar-refractivity contribution in [1.82, 2.24) is 9.55 Å². The number of rotatable bonds is 5. The molecule has 0 unspecified atom stereocenters. The monoisotopic (exact) mass is 356 g/mol. The summed E-state index contributed by atoms with van der Waals surface area (Å²) in [6.45, 7) is 6.55. The molecule has 1 aromatic carbocycles. The highest BCUT2D eigenvalue weighted by Crippen LogP contribution is 2.27. The van der Waals surface area contributed by atoms with Crippen LogP contribution in [0.15, 0.2) is 41.5 Å². The van der Waals surface area contributed by atoms with Gasteiger partial charge in [-0.15, -0.1) is 11.3 Å². The average molecular weight is 356 g/mol. The molecule has 130 valence electrons. The molecule has 0 saturated carbocycles. The Hall–Kier alpha value is -2.47. The zero-order valence-corrected chi connectivity index (χ0v) is 15.3. The number of carbonyl (C=O) groups is 1. The van der Waals surface area contributed by atoms with Gasteiger partial charge in [0, 0.05) is 0 Å². The molecule has 0 radical (unpaired) electrons.